The van der Waals surface area contributed by atoms with E-state index in [0.29, 0.717) is 16.5 Å². The van der Waals surface area contributed by atoms with Crippen LogP contribution in [0.15, 0.2) is 53.4 Å². The van der Waals surface area contributed by atoms with Gasteiger partial charge in [-0.2, -0.15) is 5.26 Å². The molecule has 180 valence electrons. The van der Waals surface area contributed by atoms with Crippen molar-refractivity contribution in [3.8, 4) is 6.07 Å². The van der Waals surface area contributed by atoms with E-state index in [1.54, 1.807) is 0 Å². The molecule has 0 saturated carbocycles. The zero-order valence-electron chi connectivity index (χ0n) is 19.1. The molecule has 1 atom stereocenters. The minimum atomic E-state index is -4.04. The lowest BCUT2D eigenvalue weighted by molar-refractivity contribution is 0.0600. The van der Waals surface area contributed by atoms with Gasteiger partial charge in [-0.25, -0.2) is 13.2 Å². The molecule has 4 rings (SSSR count). The molecule has 1 unspecified atom stereocenters. The van der Waals surface area contributed by atoms with Gasteiger partial charge in [-0.15, -0.1) is 11.3 Å². The molecule has 0 aliphatic heterocycles. The summed E-state index contributed by atoms with van der Waals surface area (Å²) in [5, 5.41) is 12.9. The molecule has 1 amide bonds. The van der Waals surface area contributed by atoms with Crippen molar-refractivity contribution in [2.45, 2.75) is 31.1 Å². The Balaban J connectivity index is 1.56. The number of carbonyl (C=O) groups is 2. The van der Waals surface area contributed by atoms with Gasteiger partial charge in [0.1, 0.15) is 11.1 Å². The topological polar surface area (TPSA) is 125 Å². The number of carbonyl (C=O) groups excluding carboxylic acids is 2. The van der Waals surface area contributed by atoms with Crippen LogP contribution in [-0.4, -0.2) is 27.4 Å². The van der Waals surface area contributed by atoms with E-state index in [1.165, 1.54) is 67.0 Å². The third-order valence-electron chi connectivity index (χ3n) is 5.79. The van der Waals surface area contributed by atoms with Crippen LogP contribution in [0.2, 0.25) is 0 Å². The number of fused-ring (bicyclic) bond motifs is 1. The lowest BCUT2D eigenvalue weighted by Gasteiger charge is -2.17. The maximum Gasteiger partial charge on any atom is 0.337 e. The first-order valence-corrected chi connectivity index (χ1v) is 13.2. The van der Waals surface area contributed by atoms with Crippen molar-refractivity contribution in [2.24, 2.45) is 5.92 Å². The maximum atomic E-state index is 13.0. The number of esters is 1. The first-order valence-electron chi connectivity index (χ1n) is 10.9. The number of hydrogen-bond acceptors (Lipinski definition) is 7. The number of thiophene rings is 1. The average Bonchev–Trinajstić information content (AvgIpc) is 3.19. The third-order valence-corrected chi connectivity index (χ3v) is 8.34. The number of nitriles is 1. The fourth-order valence-electron chi connectivity index (χ4n) is 3.98. The molecule has 10 heteroatoms. The lowest BCUT2D eigenvalue weighted by atomic mass is 9.88. The smallest absolute Gasteiger partial charge is 0.337 e. The second-order valence-electron chi connectivity index (χ2n) is 8.33. The van der Waals surface area contributed by atoms with Crippen molar-refractivity contribution in [2.75, 3.05) is 17.1 Å². The zero-order valence-corrected chi connectivity index (χ0v) is 20.8. The van der Waals surface area contributed by atoms with Crippen LogP contribution in [0, 0.1) is 17.2 Å². The van der Waals surface area contributed by atoms with Gasteiger partial charge in [0.25, 0.3) is 15.9 Å². The van der Waals surface area contributed by atoms with E-state index in [1.807, 2.05) is 0 Å². The van der Waals surface area contributed by atoms with Crippen LogP contribution in [0.4, 0.5) is 10.7 Å². The molecule has 0 spiro atoms. The summed E-state index contributed by atoms with van der Waals surface area (Å²) in [7, 11) is -2.81. The van der Waals surface area contributed by atoms with Gasteiger partial charge in [0.15, 0.2) is 0 Å². The predicted molar refractivity (Wildman–Crippen MR) is 133 cm³/mol. The van der Waals surface area contributed by atoms with Crippen LogP contribution >= 0.6 is 11.3 Å². The fraction of sp³-hybridized carbons (Fsp3) is 0.240. The number of rotatable bonds is 6. The van der Waals surface area contributed by atoms with Gasteiger partial charge in [0.05, 0.1) is 23.1 Å². The number of sulfonamides is 1. The Morgan fingerprint density at radius 3 is 2.63 bits per heavy atom. The highest BCUT2D eigenvalue weighted by Crippen LogP contribution is 2.39. The molecule has 8 nitrogen and oxygen atoms in total. The number of ether oxygens (including phenoxy) is 1. The number of benzene rings is 2. The van der Waals surface area contributed by atoms with Gasteiger partial charge in [-0.05, 0) is 67.1 Å². The van der Waals surface area contributed by atoms with Gasteiger partial charge in [-0.1, -0.05) is 19.1 Å². The normalized spacial score (nSPS) is 14.9. The molecule has 1 aliphatic carbocycles. The summed E-state index contributed by atoms with van der Waals surface area (Å²) in [5.74, 6) is -0.567. The van der Waals surface area contributed by atoms with E-state index in [4.69, 9.17) is 0 Å². The first kappa shape index (κ1) is 24.4. The Hall–Kier alpha value is -3.68. The van der Waals surface area contributed by atoms with Crippen molar-refractivity contribution < 1.29 is 22.7 Å². The third kappa shape index (κ3) is 5.21. The van der Waals surface area contributed by atoms with Crippen molar-refractivity contribution >= 4 is 43.9 Å². The molecule has 0 radical (unpaired) electrons. The summed E-state index contributed by atoms with van der Waals surface area (Å²) in [4.78, 5) is 25.7. The van der Waals surface area contributed by atoms with E-state index >= 15 is 0 Å². The maximum absolute atomic E-state index is 13.0. The molecule has 2 aromatic carbocycles. The van der Waals surface area contributed by atoms with Crippen LogP contribution in [0.3, 0.4) is 0 Å². The number of amides is 1. The highest BCUT2D eigenvalue weighted by Gasteiger charge is 2.25. The Morgan fingerprint density at radius 2 is 1.89 bits per heavy atom. The van der Waals surface area contributed by atoms with E-state index < -0.39 is 21.9 Å². The van der Waals surface area contributed by atoms with Crippen LogP contribution in [0.5, 0.6) is 0 Å². The molecule has 0 bridgehead atoms. The van der Waals surface area contributed by atoms with E-state index in [-0.39, 0.29) is 21.7 Å². The first-order chi connectivity index (χ1) is 16.7. The van der Waals surface area contributed by atoms with E-state index in [0.717, 1.165) is 29.7 Å². The standard InChI is InChI=1S/C25H23N3O5S2/c1-15-9-10-20-21(14-26)24(34-22(20)11-15)27-23(29)16-5-4-8-19(13-16)35(31,32)28-18-7-3-6-17(12-18)25(30)33-2/h3-8,12-13,15,28H,9-11H2,1-2H3,(H,27,29). The van der Waals surface area contributed by atoms with Crippen molar-refractivity contribution in [3.63, 3.8) is 0 Å². The van der Waals surface area contributed by atoms with Gasteiger partial charge in [-0.3, -0.25) is 9.52 Å². The molecular weight excluding hydrogens is 486 g/mol. The second-order valence-corrected chi connectivity index (χ2v) is 11.1. The molecule has 35 heavy (non-hydrogen) atoms. The summed E-state index contributed by atoms with van der Waals surface area (Å²) >= 11 is 1.41. The van der Waals surface area contributed by atoms with Crippen molar-refractivity contribution in [1.29, 1.82) is 5.26 Å². The SMILES string of the molecule is COC(=O)c1cccc(NS(=O)(=O)c2cccc(C(=O)Nc3sc4c(c3C#N)CCC(C)C4)c2)c1. The number of hydrogen-bond donors (Lipinski definition) is 2. The molecular formula is C25H23N3O5S2. The Kier molecular flexibility index (Phi) is 6.91. The van der Waals surface area contributed by atoms with Crippen LogP contribution in [0.25, 0.3) is 0 Å². The lowest BCUT2D eigenvalue weighted by Crippen LogP contribution is -2.16. The number of methoxy groups -OCH3 is 1. The van der Waals surface area contributed by atoms with Gasteiger partial charge in [0, 0.05) is 16.1 Å². The van der Waals surface area contributed by atoms with E-state index in [9.17, 15) is 23.3 Å². The van der Waals surface area contributed by atoms with Crippen molar-refractivity contribution in [3.05, 3.63) is 75.7 Å². The van der Waals surface area contributed by atoms with Crippen LogP contribution in [0.1, 0.15) is 50.1 Å². The molecule has 3 aromatic rings. The summed E-state index contributed by atoms with van der Waals surface area (Å²) < 4.78 is 33.0. The minimum Gasteiger partial charge on any atom is -0.465 e. The van der Waals surface area contributed by atoms with E-state index in [2.05, 4.69) is 27.8 Å². The molecule has 0 saturated heterocycles. The van der Waals surface area contributed by atoms with Crippen LogP contribution in [-0.2, 0) is 27.6 Å². The van der Waals surface area contributed by atoms with Crippen LogP contribution < -0.4 is 10.0 Å². The quantitative estimate of drug-likeness (QED) is 0.469. The Labute approximate surface area is 207 Å². The molecule has 2 N–H and O–H groups in total. The number of nitrogens with zero attached hydrogens (tertiary/aromatic N) is 1. The average molecular weight is 510 g/mol. The number of nitrogens with one attached hydrogen (secondary N) is 2. The molecule has 1 aromatic heterocycles. The monoisotopic (exact) mass is 509 g/mol. The Bertz CT molecular complexity index is 1450. The highest BCUT2D eigenvalue weighted by atomic mass is 32.2. The summed E-state index contributed by atoms with van der Waals surface area (Å²) in [5.41, 5.74) is 2.00. The van der Waals surface area contributed by atoms with Gasteiger partial charge < -0.3 is 10.1 Å². The van der Waals surface area contributed by atoms with Gasteiger partial charge >= 0.3 is 5.97 Å². The fourth-order valence-corrected chi connectivity index (χ4v) is 6.43. The molecule has 0 fully saturated rings. The highest BCUT2D eigenvalue weighted by molar-refractivity contribution is 7.92. The summed E-state index contributed by atoms with van der Waals surface area (Å²) in [6.45, 7) is 2.17. The predicted octanol–water partition coefficient (Wildman–Crippen LogP) is 4.58. The summed E-state index contributed by atoms with van der Waals surface area (Å²) in [6, 6.07) is 13.7. The largest absolute Gasteiger partial charge is 0.465 e. The van der Waals surface area contributed by atoms with Crippen molar-refractivity contribution in [1.82, 2.24) is 0 Å². The molecule has 1 aliphatic rings. The number of anilines is 2. The second kappa shape index (κ2) is 9.90. The summed E-state index contributed by atoms with van der Waals surface area (Å²) in [6.07, 6.45) is 2.69. The molecule has 1 heterocycles. The minimum absolute atomic E-state index is 0.117. The van der Waals surface area contributed by atoms with Gasteiger partial charge in [0.2, 0.25) is 0 Å². The zero-order chi connectivity index (χ0) is 25.2. The Morgan fingerprint density at radius 1 is 1.14 bits per heavy atom.